The quantitative estimate of drug-likeness (QED) is 0.254. The smallest absolute Gasteiger partial charge is 0.275 e. The molecule has 0 atom stereocenters. The van der Waals surface area contributed by atoms with Gasteiger partial charge in [-0.05, 0) is 72.5 Å². The molecule has 0 unspecified atom stereocenters. The zero-order valence-corrected chi connectivity index (χ0v) is 21.9. The first-order valence-electron chi connectivity index (χ1n) is 11.2. The summed E-state index contributed by atoms with van der Waals surface area (Å²) in [5.41, 5.74) is 3.38. The number of sulfonamides is 1. The van der Waals surface area contributed by atoms with Crippen LogP contribution in [-0.2, 0) is 22.2 Å². The molecule has 0 radical (unpaired) electrons. The van der Waals surface area contributed by atoms with Crippen molar-refractivity contribution in [3.8, 4) is 5.75 Å². The van der Waals surface area contributed by atoms with Crippen LogP contribution in [0, 0.1) is 13.8 Å². The Hall–Kier alpha value is -2.87. The van der Waals surface area contributed by atoms with Crippen LogP contribution in [0.3, 0.4) is 0 Å². The molecule has 1 amide bonds. The number of carbonyl (C=O) groups excluding carboxylic acids is 1. The molecule has 0 aliphatic rings. The summed E-state index contributed by atoms with van der Waals surface area (Å²) < 4.78 is 34.4. The van der Waals surface area contributed by atoms with Gasteiger partial charge in [0.05, 0.1) is 17.2 Å². The number of nitrogens with one attached hydrogen (secondary N) is 1. The Labute approximate surface area is 214 Å². The highest BCUT2D eigenvalue weighted by molar-refractivity contribution is 7.89. The molecule has 0 spiro atoms. The van der Waals surface area contributed by atoms with E-state index < -0.39 is 15.9 Å². The topological polar surface area (TPSA) is 72.5 Å². The number of ether oxygens (including phenoxy) is 1. The molecule has 182 valence electrons. The van der Waals surface area contributed by atoms with Crippen molar-refractivity contribution < 1.29 is 17.9 Å². The number of aryl methyl sites for hydroxylation is 3. The lowest BCUT2D eigenvalue weighted by Gasteiger charge is -2.11. The number of thiophene rings is 1. The van der Waals surface area contributed by atoms with E-state index in [1.165, 1.54) is 11.3 Å². The predicted molar refractivity (Wildman–Crippen MR) is 143 cm³/mol. The van der Waals surface area contributed by atoms with Crippen LogP contribution in [-0.4, -0.2) is 20.9 Å². The van der Waals surface area contributed by atoms with Crippen molar-refractivity contribution >= 4 is 49.0 Å². The van der Waals surface area contributed by atoms with Gasteiger partial charge in [-0.1, -0.05) is 60.1 Å². The highest BCUT2D eigenvalue weighted by Crippen LogP contribution is 2.33. The first-order valence-corrected chi connectivity index (χ1v) is 14.1. The lowest BCUT2D eigenvalue weighted by molar-refractivity contribution is 0.0984. The molecule has 4 aromatic rings. The molecule has 4 rings (SSSR count). The zero-order valence-electron chi connectivity index (χ0n) is 19.5. The van der Waals surface area contributed by atoms with Crippen molar-refractivity contribution in [3.63, 3.8) is 0 Å². The lowest BCUT2D eigenvalue weighted by Crippen LogP contribution is -2.31. The van der Waals surface area contributed by atoms with Gasteiger partial charge < -0.3 is 4.74 Å². The van der Waals surface area contributed by atoms with Crippen molar-refractivity contribution in [2.75, 3.05) is 6.61 Å². The molecular formula is C27H26ClNO4S2. The summed E-state index contributed by atoms with van der Waals surface area (Å²) in [5.74, 6) is -0.0975. The standard InChI is InChI=1S/C27H26ClNO4S2/c1-18-15-21(16-19(2)25(18)28)33-14-8-12-23-22-11-6-7-13-24(22)34-26(23)27(30)29-35(31,32)17-20-9-4-3-5-10-20/h3-7,9-11,13,15-16H,8,12,14,17H2,1-2H3,(H,29,30). The largest absolute Gasteiger partial charge is 0.494 e. The Bertz CT molecular complexity index is 1440. The third-order valence-corrected chi connectivity index (χ3v) is 8.62. The first kappa shape index (κ1) is 25.2. The SMILES string of the molecule is Cc1cc(OCCCc2c(C(=O)NS(=O)(=O)Cc3ccccc3)sc3ccccc23)cc(C)c1Cl. The van der Waals surface area contributed by atoms with Gasteiger partial charge in [0.1, 0.15) is 5.75 Å². The van der Waals surface area contributed by atoms with Crippen LogP contribution in [0.1, 0.15) is 38.3 Å². The summed E-state index contributed by atoms with van der Waals surface area (Å²) in [5, 5.41) is 1.70. The van der Waals surface area contributed by atoms with E-state index >= 15 is 0 Å². The van der Waals surface area contributed by atoms with Gasteiger partial charge in [-0.25, -0.2) is 13.1 Å². The normalized spacial score (nSPS) is 11.5. The second kappa shape index (κ2) is 10.8. The van der Waals surface area contributed by atoms with Gasteiger partial charge in [0.25, 0.3) is 5.91 Å². The molecule has 0 saturated carbocycles. The van der Waals surface area contributed by atoms with Crippen molar-refractivity contribution in [2.24, 2.45) is 0 Å². The Morgan fingerprint density at radius 3 is 2.37 bits per heavy atom. The molecule has 35 heavy (non-hydrogen) atoms. The van der Waals surface area contributed by atoms with E-state index in [0.717, 1.165) is 37.5 Å². The maximum Gasteiger partial charge on any atom is 0.275 e. The second-order valence-corrected chi connectivity index (χ2v) is 11.6. The van der Waals surface area contributed by atoms with E-state index in [4.69, 9.17) is 16.3 Å². The first-order chi connectivity index (χ1) is 16.7. The van der Waals surface area contributed by atoms with Crippen LogP contribution in [0.2, 0.25) is 5.02 Å². The van der Waals surface area contributed by atoms with Crippen molar-refractivity contribution in [2.45, 2.75) is 32.4 Å². The van der Waals surface area contributed by atoms with E-state index in [2.05, 4.69) is 4.72 Å². The Morgan fingerprint density at radius 2 is 1.66 bits per heavy atom. The number of fused-ring (bicyclic) bond motifs is 1. The van der Waals surface area contributed by atoms with E-state index in [1.807, 2.05) is 56.3 Å². The Balaban J connectivity index is 1.48. The molecule has 0 aliphatic carbocycles. The van der Waals surface area contributed by atoms with Gasteiger partial charge in [0.15, 0.2) is 0 Å². The number of halogens is 1. The molecule has 0 bridgehead atoms. The molecule has 5 nitrogen and oxygen atoms in total. The van der Waals surface area contributed by atoms with Crippen molar-refractivity contribution in [3.05, 3.63) is 98.9 Å². The van der Waals surface area contributed by atoms with Crippen LogP contribution >= 0.6 is 22.9 Å². The number of hydrogen-bond acceptors (Lipinski definition) is 5. The fourth-order valence-electron chi connectivity index (χ4n) is 3.98. The summed E-state index contributed by atoms with van der Waals surface area (Å²) in [6.45, 7) is 4.34. The number of amides is 1. The molecule has 3 aromatic carbocycles. The highest BCUT2D eigenvalue weighted by atomic mass is 35.5. The summed E-state index contributed by atoms with van der Waals surface area (Å²) in [6.07, 6.45) is 1.25. The minimum absolute atomic E-state index is 0.256. The van der Waals surface area contributed by atoms with Crippen LogP contribution in [0.4, 0.5) is 0 Å². The van der Waals surface area contributed by atoms with Crippen LogP contribution in [0.15, 0.2) is 66.7 Å². The minimum Gasteiger partial charge on any atom is -0.494 e. The Morgan fingerprint density at radius 1 is 1.00 bits per heavy atom. The molecule has 8 heteroatoms. The molecule has 1 aromatic heterocycles. The van der Waals surface area contributed by atoms with Crippen molar-refractivity contribution in [1.29, 1.82) is 0 Å². The van der Waals surface area contributed by atoms with Crippen LogP contribution in [0.25, 0.3) is 10.1 Å². The fourth-order valence-corrected chi connectivity index (χ4v) is 6.38. The third kappa shape index (κ3) is 6.23. The maximum atomic E-state index is 13.1. The van der Waals surface area contributed by atoms with Crippen LogP contribution < -0.4 is 9.46 Å². The van der Waals surface area contributed by atoms with E-state index in [-0.39, 0.29) is 5.75 Å². The average molecular weight is 528 g/mol. The van der Waals surface area contributed by atoms with Gasteiger partial charge in [-0.2, -0.15) is 0 Å². The second-order valence-electron chi connectivity index (χ2n) is 8.40. The van der Waals surface area contributed by atoms with Crippen molar-refractivity contribution in [1.82, 2.24) is 4.72 Å². The van der Waals surface area contributed by atoms with Gasteiger partial charge in [-0.15, -0.1) is 11.3 Å². The van der Waals surface area contributed by atoms with Gasteiger partial charge in [0, 0.05) is 9.72 Å². The molecule has 0 saturated heterocycles. The lowest BCUT2D eigenvalue weighted by atomic mass is 10.1. The molecule has 0 aliphatic heterocycles. The number of benzene rings is 3. The molecular weight excluding hydrogens is 502 g/mol. The fraction of sp³-hybridized carbons (Fsp3) is 0.222. The predicted octanol–water partition coefficient (Wildman–Crippen LogP) is 6.44. The Kier molecular flexibility index (Phi) is 7.79. The molecule has 1 heterocycles. The summed E-state index contributed by atoms with van der Waals surface area (Å²) in [4.78, 5) is 13.5. The van der Waals surface area contributed by atoms with E-state index in [9.17, 15) is 13.2 Å². The van der Waals surface area contributed by atoms with Gasteiger partial charge in [0.2, 0.25) is 10.0 Å². The maximum absolute atomic E-state index is 13.1. The van der Waals surface area contributed by atoms with E-state index in [0.29, 0.717) is 29.9 Å². The summed E-state index contributed by atoms with van der Waals surface area (Å²) in [7, 11) is -3.84. The summed E-state index contributed by atoms with van der Waals surface area (Å²) in [6, 6.07) is 20.3. The third-order valence-electron chi connectivity index (χ3n) is 5.60. The van der Waals surface area contributed by atoms with E-state index in [1.54, 1.807) is 24.3 Å². The van der Waals surface area contributed by atoms with Gasteiger partial charge in [-0.3, -0.25) is 4.79 Å². The highest BCUT2D eigenvalue weighted by Gasteiger charge is 2.23. The van der Waals surface area contributed by atoms with Gasteiger partial charge >= 0.3 is 0 Å². The number of rotatable bonds is 9. The molecule has 1 N–H and O–H groups in total. The molecule has 0 fully saturated rings. The minimum atomic E-state index is -3.84. The number of carbonyl (C=O) groups is 1. The summed E-state index contributed by atoms with van der Waals surface area (Å²) >= 11 is 7.54. The monoisotopic (exact) mass is 527 g/mol. The zero-order chi connectivity index (χ0) is 25.0. The average Bonchev–Trinajstić information content (AvgIpc) is 3.19. The van der Waals surface area contributed by atoms with Crippen LogP contribution in [0.5, 0.6) is 5.75 Å². The number of hydrogen-bond donors (Lipinski definition) is 1.